The first kappa shape index (κ1) is 25.2. The van der Waals surface area contributed by atoms with Gasteiger partial charge in [-0.3, -0.25) is 0 Å². The Labute approximate surface area is 189 Å². The van der Waals surface area contributed by atoms with Gasteiger partial charge in [-0.1, -0.05) is 44.8 Å². The van der Waals surface area contributed by atoms with Crippen molar-refractivity contribution in [2.24, 2.45) is 23.7 Å². The molecule has 2 aliphatic rings. The van der Waals surface area contributed by atoms with Gasteiger partial charge in [-0.25, -0.2) is 8.78 Å². The minimum Gasteiger partial charge on any atom is -0.206 e. The molecule has 0 atom stereocenters. The van der Waals surface area contributed by atoms with Crippen molar-refractivity contribution in [2.75, 3.05) is 0 Å². The van der Waals surface area contributed by atoms with E-state index in [9.17, 15) is 22.0 Å². The Morgan fingerprint density at radius 2 is 1.28 bits per heavy atom. The van der Waals surface area contributed by atoms with Crippen LogP contribution in [0.25, 0.3) is 0 Å². The molecule has 0 unspecified atom stereocenters. The van der Waals surface area contributed by atoms with Crippen LogP contribution in [-0.2, 0) is 12.6 Å². The van der Waals surface area contributed by atoms with Crippen LogP contribution in [0, 0.1) is 35.3 Å². The Bertz CT molecular complexity index is 712. The van der Waals surface area contributed by atoms with Gasteiger partial charge in [0.05, 0.1) is 0 Å². The first-order valence-corrected chi connectivity index (χ1v) is 12.5. The fraction of sp³-hybridized carbons (Fsp3) is 0.704. The molecular weight excluding hydrogens is 419 g/mol. The van der Waals surface area contributed by atoms with Crippen molar-refractivity contribution in [3.05, 3.63) is 47.0 Å². The van der Waals surface area contributed by atoms with Gasteiger partial charge < -0.3 is 0 Å². The normalized spacial score (nSPS) is 27.2. The molecule has 0 bridgehead atoms. The van der Waals surface area contributed by atoms with E-state index in [1.165, 1.54) is 51.4 Å². The molecule has 0 aliphatic heterocycles. The van der Waals surface area contributed by atoms with E-state index in [4.69, 9.17) is 0 Å². The summed E-state index contributed by atoms with van der Waals surface area (Å²) >= 11 is 0. The first-order valence-electron chi connectivity index (χ1n) is 12.5. The highest BCUT2D eigenvalue weighted by Gasteiger charge is 2.38. The minimum absolute atomic E-state index is 0.322. The fourth-order valence-corrected chi connectivity index (χ4v) is 5.92. The van der Waals surface area contributed by atoms with E-state index in [-0.39, 0.29) is 0 Å². The van der Waals surface area contributed by atoms with E-state index in [2.05, 4.69) is 19.1 Å². The topological polar surface area (TPSA) is 0 Å². The van der Waals surface area contributed by atoms with Crippen molar-refractivity contribution in [2.45, 2.75) is 96.6 Å². The van der Waals surface area contributed by atoms with Gasteiger partial charge in [-0.05, 0) is 99.2 Å². The molecule has 0 amide bonds. The molecule has 3 rings (SSSR count). The van der Waals surface area contributed by atoms with Crippen molar-refractivity contribution in [1.29, 1.82) is 0 Å². The second-order valence-electron chi connectivity index (χ2n) is 9.99. The summed E-state index contributed by atoms with van der Waals surface area (Å²) in [7, 11) is 0. The summed E-state index contributed by atoms with van der Waals surface area (Å²) in [6, 6.07) is 1.71. The van der Waals surface area contributed by atoms with Crippen LogP contribution in [-0.4, -0.2) is 0 Å². The van der Waals surface area contributed by atoms with E-state index in [0.29, 0.717) is 17.9 Å². The van der Waals surface area contributed by atoms with Crippen molar-refractivity contribution in [1.82, 2.24) is 0 Å². The third-order valence-electron chi connectivity index (χ3n) is 7.82. The van der Waals surface area contributed by atoms with Crippen LogP contribution < -0.4 is 0 Å². The van der Waals surface area contributed by atoms with Gasteiger partial charge in [0.25, 0.3) is 0 Å². The van der Waals surface area contributed by atoms with Crippen molar-refractivity contribution in [3.63, 3.8) is 0 Å². The number of rotatable bonds is 8. The average molecular weight is 457 g/mol. The zero-order chi connectivity index (χ0) is 23.1. The van der Waals surface area contributed by atoms with Crippen molar-refractivity contribution < 1.29 is 22.0 Å². The van der Waals surface area contributed by atoms with Gasteiger partial charge in [0, 0.05) is 0 Å². The van der Waals surface area contributed by atoms with Crippen LogP contribution in [0.4, 0.5) is 22.0 Å². The summed E-state index contributed by atoms with van der Waals surface area (Å²) in [5, 5.41) is 0. The third-order valence-corrected chi connectivity index (χ3v) is 7.82. The standard InChI is InChI=1S/C27H37F5/c1-2-3-4-5-6-19-9-13-22(14-10-19)23-15-11-20(12-16-23)7-8-21-17-24(28)26(25(29)18-21)27(30,31)32/h3-4,17-20,22-23H,2,5-16H2,1H3/b4-3+. The van der Waals surface area contributed by atoms with E-state index < -0.39 is 23.4 Å². The Balaban J connectivity index is 1.39. The predicted molar refractivity (Wildman–Crippen MR) is 119 cm³/mol. The van der Waals surface area contributed by atoms with Crippen LogP contribution in [0.5, 0.6) is 0 Å². The lowest BCUT2D eigenvalue weighted by Gasteiger charge is -2.38. The molecule has 2 aliphatic carbocycles. The molecule has 1 aromatic rings. The summed E-state index contributed by atoms with van der Waals surface area (Å²) in [5.41, 5.74) is -1.46. The van der Waals surface area contributed by atoms with Gasteiger partial charge in [0.2, 0.25) is 0 Å². The van der Waals surface area contributed by atoms with E-state index in [1.54, 1.807) is 0 Å². The quantitative estimate of drug-likeness (QED) is 0.270. The Kier molecular flexibility index (Phi) is 9.19. The lowest BCUT2D eigenvalue weighted by Crippen LogP contribution is -2.26. The number of alkyl halides is 3. The predicted octanol–water partition coefficient (Wildman–Crippen LogP) is 9.28. The monoisotopic (exact) mass is 456 g/mol. The maximum atomic E-state index is 13.8. The number of halogens is 5. The number of aryl methyl sites for hydroxylation is 1. The first-order chi connectivity index (χ1) is 15.3. The van der Waals surface area contributed by atoms with E-state index in [1.807, 2.05) is 0 Å². The van der Waals surface area contributed by atoms with Gasteiger partial charge in [-0.15, -0.1) is 0 Å². The number of hydrogen-bond donors (Lipinski definition) is 0. The fourth-order valence-electron chi connectivity index (χ4n) is 5.92. The molecule has 1 aromatic carbocycles. The molecular formula is C27H37F5. The second kappa shape index (κ2) is 11.7. The maximum absolute atomic E-state index is 13.8. The molecule has 2 fully saturated rings. The molecule has 5 heteroatoms. The molecule has 0 spiro atoms. The van der Waals surface area contributed by atoms with Crippen molar-refractivity contribution >= 4 is 0 Å². The van der Waals surface area contributed by atoms with Crippen LogP contribution in [0.1, 0.15) is 95.1 Å². The average Bonchev–Trinajstić information content (AvgIpc) is 2.75. The summed E-state index contributed by atoms with van der Waals surface area (Å²) in [6.45, 7) is 2.17. The van der Waals surface area contributed by atoms with Crippen LogP contribution in [0.15, 0.2) is 24.3 Å². The van der Waals surface area contributed by atoms with Gasteiger partial charge in [-0.2, -0.15) is 13.2 Å². The van der Waals surface area contributed by atoms with Crippen LogP contribution in [0.2, 0.25) is 0 Å². The highest BCUT2D eigenvalue weighted by atomic mass is 19.4. The molecule has 0 nitrogen and oxygen atoms in total. The highest BCUT2D eigenvalue weighted by molar-refractivity contribution is 5.28. The minimum atomic E-state index is -5.00. The largest absolute Gasteiger partial charge is 0.422 e. The van der Waals surface area contributed by atoms with Gasteiger partial charge >= 0.3 is 6.18 Å². The van der Waals surface area contributed by atoms with Crippen LogP contribution >= 0.6 is 0 Å². The molecule has 180 valence electrons. The highest BCUT2D eigenvalue weighted by Crippen LogP contribution is 2.43. The van der Waals surface area contributed by atoms with E-state index >= 15 is 0 Å². The van der Waals surface area contributed by atoms with Gasteiger partial charge in [0.15, 0.2) is 0 Å². The summed E-state index contributed by atoms with van der Waals surface area (Å²) in [5.74, 6) is 0.0148. The molecule has 0 aromatic heterocycles. The van der Waals surface area contributed by atoms with E-state index in [0.717, 1.165) is 55.6 Å². The number of allylic oxidation sites excluding steroid dienone is 2. The summed E-state index contributed by atoms with van der Waals surface area (Å²) in [6.07, 6.45) is 14.5. The molecule has 0 radical (unpaired) electrons. The Morgan fingerprint density at radius 1 is 0.781 bits per heavy atom. The SMILES string of the molecule is CC/C=C/CCC1CCC(C2CCC(CCc3cc(F)c(C(F)(F)F)c(F)c3)CC2)CC1. The van der Waals surface area contributed by atoms with Crippen LogP contribution in [0.3, 0.4) is 0 Å². The summed E-state index contributed by atoms with van der Waals surface area (Å²) in [4.78, 5) is 0. The zero-order valence-electron chi connectivity index (χ0n) is 19.2. The molecule has 0 N–H and O–H groups in total. The maximum Gasteiger partial charge on any atom is 0.422 e. The Hall–Kier alpha value is -1.39. The van der Waals surface area contributed by atoms with Gasteiger partial charge in [0.1, 0.15) is 17.2 Å². The van der Waals surface area contributed by atoms with Crippen molar-refractivity contribution in [3.8, 4) is 0 Å². The number of hydrogen-bond acceptors (Lipinski definition) is 0. The molecule has 0 heterocycles. The molecule has 32 heavy (non-hydrogen) atoms. The lowest BCUT2D eigenvalue weighted by molar-refractivity contribution is -0.142. The lowest BCUT2D eigenvalue weighted by atomic mass is 9.68. The third kappa shape index (κ3) is 7.05. The smallest absolute Gasteiger partial charge is 0.206 e. The molecule has 0 saturated heterocycles. The second-order valence-corrected chi connectivity index (χ2v) is 9.99. The zero-order valence-corrected chi connectivity index (χ0v) is 19.2. The number of benzene rings is 1. The Morgan fingerprint density at radius 3 is 1.75 bits per heavy atom. The molecule has 2 saturated carbocycles. The summed E-state index contributed by atoms with van der Waals surface area (Å²) < 4.78 is 65.8.